The normalized spacial score (nSPS) is 24.0. The maximum atomic E-state index is 12.6. The first-order chi connectivity index (χ1) is 9.89. The van der Waals surface area contributed by atoms with Crippen molar-refractivity contribution in [1.82, 2.24) is 9.21 Å². The first-order valence-corrected chi connectivity index (χ1v) is 9.56. The first kappa shape index (κ1) is 16.7. The van der Waals surface area contributed by atoms with Crippen LogP contribution in [0.25, 0.3) is 0 Å². The van der Waals surface area contributed by atoms with Crippen molar-refractivity contribution in [3.8, 4) is 0 Å². The van der Waals surface area contributed by atoms with E-state index in [1.54, 1.807) is 4.90 Å². The van der Waals surface area contributed by atoms with Gasteiger partial charge >= 0.3 is 0 Å². The van der Waals surface area contributed by atoms with Crippen molar-refractivity contribution < 1.29 is 13.2 Å². The van der Waals surface area contributed by atoms with E-state index in [2.05, 4.69) is 0 Å². The third-order valence-electron chi connectivity index (χ3n) is 4.55. The monoisotopic (exact) mass is 317 g/mol. The molecule has 0 bridgehead atoms. The van der Waals surface area contributed by atoms with Crippen LogP contribution in [0.3, 0.4) is 0 Å². The second-order valence-corrected chi connectivity index (χ2v) is 8.31. The van der Waals surface area contributed by atoms with Crippen molar-refractivity contribution in [2.45, 2.75) is 51.0 Å². The fourth-order valence-corrected chi connectivity index (χ4v) is 4.76. The van der Waals surface area contributed by atoms with E-state index in [1.807, 2.05) is 6.92 Å². The summed E-state index contributed by atoms with van der Waals surface area (Å²) >= 11 is 0. The molecule has 0 radical (unpaired) electrons. The molecule has 1 heterocycles. The number of rotatable bonds is 4. The van der Waals surface area contributed by atoms with E-state index < -0.39 is 15.6 Å². The molecule has 0 atom stereocenters. The molecule has 1 amide bonds. The van der Waals surface area contributed by atoms with Crippen LogP contribution >= 0.6 is 0 Å². The summed E-state index contributed by atoms with van der Waals surface area (Å²) in [7, 11) is -3.16. The van der Waals surface area contributed by atoms with E-state index >= 15 is 0 Å². The van der Waals surface area contributed by atoms with Crippen molar-refractivity contribution >= 4 is 15.9 Å². The largest absolute Gasteiger partial charge is 0.338 e. The smallest absolute Gasteiger partial charge is 0.242 e. The van der Waals surface area contributed by atoms with Gasteiger partial charge in [0, 0.05) is 26.2 Å². The third kappa shape index (κ3) is 3.76. The first-order valence-electron chi connectivity index (χ1n) is 7.95. The van der Waals surface area contributed by atoms with Gasteiger partial charge < -0.3 is 10.6 Å². The molecular weight excluding hydrogens is 290 g/mol. The maximum absolute atomic E-state index is 12.6. The zero-order valence-corrected chi connectivity index (χ0v) is 13.7. The van der Waals surface area contributed by atoms with Gasteiger partial charge in [0.15, 0.2) is 0 Å². The fraction of sp³-hybridized carbons (Fsp3) is 0.929. The highest BCUT2D eigenvalue weighted by molar-refractivity contribution is 7.89. The molecule has 1 aliphatic heterocycles. The van der Waals surface area contributed by atoms with Gasteiger partial charge in [0.05, 0.1) is 11.3 Å². The summed E-state index contributed by atoms with van der Waals surface area (Å²) in [6, 6.07) is 0. The lowest BCUT2D eigenvalue weighted by molar-refractivity contribution is -0.139. The Hall–Kier alpha value is -0.660. The van der Waals surface area contributed by atoms with Crippen LogP contribution in [0.4, 0.5) is 0 Å². The number of nitrogens with zero attached hydrogens (tertiary/aromatic N) is 2. The van der Waals surface area contributed by atoms with Gasteiger partial charge in [-0.3, -0.25) is 4.79 Å². The highest BCUT2D eigenvalue weighted by Gasteiger charge is 2.40. The number of carbonyl (C=O) groups excluding carboxylic acids is 1. The molecule has 2 fully saturated rings. The minimum Gasteiger partial charge on any atom is -0.338 e. The Balaban J connectivity index is 1.93. The van der Waals surface area contributed by atoms with Gasteiger partial charge in [-0.05, 0) is 19.3 Å². The van der Waals surface area contributed by atoms with Gasteiger partial charge in [-0.15, -0.1) is 0 Å². The van der Waals surface area contributed by atoms with Gasteiger partial charge in [0.1, 0.15) is 0 Å². The lowest BCUT2D eigenvalue weighted by Crippen LogP contribution is -2.60. The van der Waals surface area contributed by atoms with Crippen LogP contribution in [0.2, 0.25) is 0 Å². The zero-order chi connectivity index (χ0) is 15.5. The average Bonchev–Trinajstić information content (AvgIpc) is 2.47. The molecule has 1 saturated carbocycles. The molecule has 0 aromatic heterocycles. The van der Waals surface area contributed by atoms with Gasteiger partial charge in [0.2, 0.25) is 15.9 Å². The number of carbonyl (C=O) groups is 1. The number of nitrogens with two attached hydrogens (primary N) is 1. The van der Waals surface area contributed by atoms with E-state index in [-0.39, 0.29) is 11.7 Å². The summed E-state index contributed by atoms with van der Waals surface area (Å²) in [4.78, 5) is 14.3. The van der Waals surface area contributed by atoms with E-state index in [9.17, 15) is 13.2 Å². The SMILES string of the molecule is CCCS(=O)(=O)N1CCN(C(=O)C2(N)CCCCC2)CC1. The van der Waals surface area contributed by atoms with E-state index in [4.69, 9.17) is 5.73 Å². The molecule has 7 heteroatoms. The number of amides is 1. The van der Waals surface area contributed by atoms with Gasteiger partial charge in [-0.25, -0.2) is 8.42 Å². The maximum Gasteiger partial charge on any atom is 0.242 e. The van der Waals surface area contributed by atoms with Gasteiger partial charge in [0.25, 0.3) is 0 Å². The van der Waals surface area contributed by atoms with Crippen LogP contribution in [0.1, 0.15) is 45.4 Å². The molecule has 0 aromatic rings. The number of hydrogen-bond donors (Lipinski definition) is 1. The Kier molecular flexibility index (Phi) is 5.27. The fourth-order valence-electron chi connectivity index (χ4n) is 3.27. The zero-order valence-electron chi connectivity index (χ0n) is 12.9. The molecular formula is C14H27N3O3S. The van der Waals surface area contributed by atoms with Crippen molar-refractivity contribution in [3.63, 3.8) is 0 Å². The Bertz CT molecular complexity index is 464. The summed E-state index contributed by atoms with van der Waals surface area (Å²) in [5.41, 5.74) is 5.56. The van der Waals surface area contributed by atoms with Crippen LogP contribution in [0.5, 0.6) is 0 Å². The predicted molar refractivity (Wildman–Crippen MR) is 82.2 cm³/mol. The topological polar surface area (TPSA) is 83.7 Å². The van der Waals surface area contributed by atoms with Crippen LogP contribution in [0, 0.1) is 0 Å². The molecule has 6 nitrogen and oxygen atoms in total. The van der Waals surface area contributed by atoms with Crippen molar-refractivity contribution in [2.75, 3.05) is 31.9 Å². The minimum absolute atomic E-state index is 0.00902. The second kappa shape index (κ2) is 6.62. The Morgan fingerprint density at radius 2 is 1.67 bits per heavy atom. The highest BCUT2D eigenvalue weighted by atomic mass is 32.2. The number of sulfonamides is 1. The van der Waals surface area contributed by atoms with Crippen molar-refractivity contribution in [3.05, 3.63) is 0 Å². The van der Waals surface area contributed by atoms with Gasteiger partial charge in [-0.1, -0.05) is 26.2 Å². The van der Waals surface area contributed by atoms with Crippen LogP contribution in [-0.2, 0) is 14.8 Å². The number of piperazine rings is 1. The predicted octanol–water partition coefficient (Wildman–Crippen LogP) is 0.532. The lowest BCUT2D eigenvalue weighted by atomic mass is 9.81. The molecule has 122 valence electrons. The standard InChI is InChI=1S/C14H27N3O3S/c1-2-12-21(19,20)17-10-8-16(9-11-17)13(18)14(15)6-4-3-5-7-14/h2-12,15H2,1H3. The Morgan fingerprint density at radius 3 is 2.19 bits per heavy atom. The van der Waals surface area contributed by atoms with Crippen molar-refractivity contribution in [1.29, 1.82) is 0 Å². The molecule has 0 spiro atoms. The van der Waals surface area contributed by atoms with Crippen LogP contribution < -0.4 is 5.73 Å². The summed E-state index contributed by atoms with van der Waals surface area (Å²) in [6.07, 6.45) is 5.28. The summed E-state index contributed by atoms with van der Waals surface area (Å²) in [5.74, 6) is 0.191. The van der Waals surface area contributed by atoms with Crippen LogP contribution in [-0.4, -0.2) is 61.0 Å². The average molecular weight is 317 g/mol. The lowest BCUT2D eigenvalue weighted by Gasteiger charge is -2.40. The molecule has 21 heavy (non-hydrogen) atoms. The summed E-state index contributed by atoms with van der Waals surface area (Å²) < 4.78 is 25.6. The van der Waals surface area contributed by atoms with Crippen molar-refractivity contribution in [2.24, 2.45) is 5.73 Å². The quantitative estimate of drug-likeness (QED) is 0.820. The molecule has 1 aliphatic carbocycles. The summed E-state index contributed by atoms with van der Waals surface area (Å²) in [5, 5.41) is 0. The van der Waals surface area contributed by atoms with E-state index in [0.29, 0.717) is 32.6 Å². The minimum atomic E-state index is -3.16. The van der Waals surface area contributed by atoms with E-state index in [0.717, 1.165) is 32.1 Å². The molecule has 2 N–H and O–H groups in total. The number of hydrogen-bond acceptors (Lipinski definition) is 4. The second-order valence-electron chi connectivity index (χ2n) is 6.22. The molecule has 0 unspecified atom stereocenters. The van der Waals surface area contributed by atoms with E-state index in [1.165, 1.54) is 4.31 Å². The Labute approximate surface area is 127 Å². The highest BCUT2D eigenvalue weighted by Crippen LogP contribution is 2.28. The molecule has 2 aliphatic rings. The molecule has 0 aromatic carbocycles. The molecule has 2 rings (SSSR count). The summed E-state index contributed by atoms with van der Waals surface area (Å²) in [6.45, 7) is 3.56. The Morgan fingerprint density at radius 1 is 1.10 bits per heavy atom. The third-order valence-corrected chi connectivity index (χ3v) is 6.63. The van der Waals surface area contributed by atoms with Crippen LogP contribution in [0.15, 0.2) is 0 Å². The van der Waals surface area contributed by atoms with Gasteiger partial charge in [-0.2, -0.15) is 4.31 Å². The molecule has 1 saturated heterocycles.